The molecule has 0 aliphatic carbocycles. The van der Waals surface area contributed by atoms with E-state index in [0.29, 0.717) is 52.4 Å². The molecule has 1 amide bonds. The minimum Gasteiger partial charge on any atom is -0.493 e. The number of benzene rings is 2. The molecule has 4 rings (SSSR count). The van der Waals surface area contributed by atoms with Crippen molar-refractivity contribution >= 4 is 16.9 Å². The fraction of sp³-hybridized carbons (Fsp3) is 0.407. The minimum atomic E-state index is -0.650. The number of nitrogens with zero attached hydrogens (tertiary/aromatic N) is 2. The van der Waals surface area contributed by atoms with Gasteiger partial charge >= 0.3 is 0 Å². The van der Waals surface area contributed by atoms with Crippen molar-refractivity contribution in [1.82, 2.24) is 9.80 Å². The number of rotatable bonds is 9. The molecule has 0 bridgehead atoms. The van der Waals surface area contributed by atoms with E-state index in [4.69, 9.17) is 18.6 Å². The topological polar surface area (TPSA) is 81.5 Å². The van der Waals surface area contributed by atoms with Crippen LogP contribution in [0.3, 0.4) is 0 Å². The van der Waals surface area contributed by atoms with E-state index in [0.717, 1.165) is 18.7 Å². The van der Waals surface area contributed by atoms with Crippen LogP contribution in [0.1, 0.15) is 47.1 Å². The van der Waals surface area contributed by atoms with Crippen molar-refractivity contribution < 1.29 is 23.4 Å². The standard InChI is InChI=1S/C27H32N2O6/c1-7-28(8-2)11-12-29-23(17-14-20(32-4)25(34-6)21(15-17)33-5)22-24(30)18-13-16(3)9-10-19(18)35-26(22)27(29)31/h9-10,13-15,23H,7-8,11-12H2,1-6H3/t23-/m0/s1. The summed E-state index contributed by atoms with van der Waals surface area (Å²) in [5.74, 6) is 1.13. The maximum Gasteiger partial charge on any atom is 0.290 e. The number of hydrogen-bond donors (Lipinski definition) is 0. The highest BCUT2D eigenvalue weighted by Crippen LogP contribution is 2.45. The number of ether oxygens (including phenoxy) is 3. The zero-order valence-electron chi connectivity index (χ0n) is 21.1. The summed E-state index contributed by atoms with van der Waals surface area (Å²) < 4.78 is 22.7. The quantitative estimate of drug-likeness (QED) is 0.458. The monoisotopic (exact) mass is 480 g/mol. The number of carbonyl (C=O) groups excluding carboxylic acids is 1. The number of carbonyl (C=O) groups is 1. The first kappa shape index (κ1) is 24.6. The Morgan fingerprint density at radius 1 is 0.971 bits per heavy atom. The molecule has 0 saturated heterocycles. The molecular weight excluding hydrogens is 448 g/mol. The third-order valence-electron chi connectivity index (χ3n) is 6.68. The van der Waals surface area contributed by atoms with Crippen molar-refractivity contribution in [2.45, 2.75) is 26.8 Å². The average molecular weight is 481 g/mol. The molecule has 0 N–H and O–H groups in total. The van der Waals surface area contributed by atoms with Crippen LogP contribution in [0.15, 0.2) is 39.5 Å². The molecule has 1 aromatic heterocycles. The molecular formula is C27H32N2O6. The van der Waals surface area contributed by atoms with Crippen molar-refractivity contribution in [2.24, 2.45) is 0 Å². The molecule has 8 nitrogen and oxygen atoms in total. The summed E-state index contributed by atoms with van der Waals surface area (Å²) in [4.78, 5) is 31.4. The Kier molecular flexibility index (Phi) is 7.03. The molecule has 8 heteroatoms. The van der Waals surface area contributed by atoms with E-state index in [2.05, 4.69) is 18.7 Å². The Balaban J connectivity index is 1.95. The Morgan fingerprint density at radius 2 is 1.63 bits per heavy atom. The highest BCUT2D eigenvalue weighted by molar-refractivity contribution is 5.99. The second kappa shape index (κ2) is 10.00. The van der Waals surface area contributed by atoms with E-state index in [1.165, 1.54) is 21.3 Å². The molecule has 35 heavy (non-hydrogen) atoms. The van der Waals surface area contributed by atoms with Crippen LogP contribution in [0.4, 0.5) is 0 Å². The Labute approximate surface area is 205 Å². The van der Waals surface area contributed by atoms with Crippen molar-refractivity contribution in [3.63, 3.8) is 0 Å². The van der Waals surface area contributed by atoms with Crippen LogP contribution >= 0.6 is 0 Å². The van der Waals surface area contributed by atoms with Crippen molar-refractivity contribution in [3.8, 4) is 17.2 Å². The largest absolute Gasteiger partial charge is 0.493 e. The second-order valence-electron chi connectivity index (χ2n) is 8.56. The molecule has 1 aliphatic heterocycles. The molecule has 0 saturated carbocycles. The van der Waals surface area contributed by atoms with E-state index in [9.17, 15) is 9.59 Å². The number of likely N-dealkylation sites (N-methyl/N-ethyl adjacent to an activating group) is 1. The molecule has 186 valence electrons. The van der Waals surface area contributed by atoms with E-state index >= 15 is 0 Å². The smallest absolute Gasteiger partial charge is 0.290 e. The zero-order valence-corrected chi connectivity index (χ0v) is 21.1. The summed E-state index contributed by atoms with van der Waals surface area (Å²) in [7, 11) is 4.61. The third kappa shape index (κ3) is 4.23. The summed E-state index contributed by atoms with van der Waals surface area (Å²) in [6, 6.07) is 8.34. The molecule has 0 spiro atoms. The minimum absolute atomic E-state index is 0.0876. The lowest BCUT2D eigenvalue weighted by molar-refractivity contribution is 0.0707. The second-order valence-corrected chi connectivity index (χ2v) is 8.56. The average Bonchev–Trinajstić information content (AvgIpc) is 3.15. The predicted octanol–water partition coefficient (Wildman–Crippen LogP) is 4.01. The molecule has 0 unspecified atom stereocenters. The van der Waals surface area contributed by atoms with Crippen LogP contribution in [0, 0.1) is 6.92 Å². The van der Waals surface area contributed by atoms with Crippen molar-refractivity contribution in [2.75, 3.05) is 47.5 Å². The van der Waals surface area contributed by atoms with E-state index in [-0.39, 0.29) is 17.1 Å². The fourth-order valence-electron chi connectivity index (χ4n) is 4.76. The van der Waals surface area contributed by atoms with Gasteiger partial charge in [0.25, 0.3) is 5.91 Å². The maximum absolute atomic E-state index is 13.8. The van der Waals surface area contributed by atoms with Gasteiger partial charge in [0.15, 0.2) is 16.9 Å². The normalized spacial score (nSPS) is 15.1. The lowest BCUT2D eigenvalue weighted by Gasteiger charge is -2.28. The summed E-state index contributed by atoms with van der Waals surface area (Å²) >= 11 is 0. The lowest BCUT2D eigenvalue weighted by atomic mass is 9.97. The summed E-state index contributed by atoms with van der Waals surface area (Å²) in [5.41, 5.74) is 2.16. The van der Waals surface area contributed by atoms with Crippen LogP contribution in [0.2, 0.25) is 0 Å². The van der Waals surface area contributed by atoms with Crippen molar-refractivity contribution in [3.05, 3.63) is 63.0 Å². The van der Waals surface area contributed by atoms with Gasteiger partial charge in [0.05, 0.1) is 38.3 Å². The summed E-state index contributed by atoms with van der Waals surface area (Å²) in [6.07, 6.45) is 0. The molecule has 2 heterocycles. The molecule has 0 radical (unpaired) electrons. The van der Waals surface area contributed by atoms with Gasteiger partial charge in [0.1, 0.15) is 5.58 Å². The van der Waals surface area contributed by atoms with Crippen LogP contribution < -0.4 is 19.6 Å². The SMILES string of the molecule is CCN(CC)CCN1C(=O)c2oc3ccc(C)cc3c(=O)c2[C@@H]1c1cc(OC)c(OC)c(OC)c1. The lowest BCUT2D eigenvalue weighted by Crippen LogP contribution is -2.37. The van der Waals surface area contributed by atoms with Crippen LogP contribution in [0.5, 0.6) is 17.2 Å². The van der Waals surface area contributed by atoms with E-state index in [1.807, 2.05) is 13.0 Å². The van der Waals surface area contributed by atoms with Gasteiger partial charge in [0.2, 0.25) is 11.5 Å². The highest BCUT2D eigenvalue weighted by Gasteiger charge is 2.43. The van der Waals surface area contributed by atoms with Crippen molar-refractivity contribution in [1.29, 1.82) is 0 Å². The van der Waals surface area contributed by atoms with Gasteiger partial charge in [-0.05, 0) is 49.8 Å². The van der Waals surface area contributed by atoms with Crippen LogP contribution in [-0.4, -0.2) is 63.2 Å². The van der Waals surface area contributed by atoms with E-state index in [1.54, 1.807) is 29.2 Å². The number of aryl methyl sites for hydroxylation is 1. The van der Waals surface area contributed by atoms with Gasteiger partial charge in [-0.1, -0.05) is 25.5 Å². The first-order valence-electron chi connectivity index (χ1n) is 11.8. The molecule has 0 fully saturated rings. The van der Waals surface area contributed by atoms with Gasteiger partial charge in [-0.25, -0.2) is 0 Å². The molecule has 2 aromatic carbocycles. The van der Waals surface area contributed by atoms with E-state index < -0.39 is 6.04 Å². The summed E-state index contributed by atoms with van der Waals surface area (Å²) in [6.45, 7) is 8.91. The molecule has 1 atom stereocenters. The van der Waals surface area contributed by atoms with Gasteiger partial charge in [-0.15, -0.1) is 0 Å². The highest BCUT2D eigenvalue weighted by atomic mass is 16.5. The Hall–Kier alpha value is -3.52. The Morgan fingerprint density at radius 3 is 2.20 bits per heavy atom. The fourth-order valence-corrected chi connectivity index (χ4v) is 4.76. The third-order valence-corrected chi connectivity index (χ3v) is 6.68. The van der Waals surface area contributed by atoms with Gasteiger partial charge in [-0.3, -0.25) is 9.59 Å². The van der Waals surface area contributed by atoms with Crippen LogP contribution in [0.25, 0.3) is 11.0 Å². The number of amides is 1. The maximum atomic E-state index is 13.8. The van der Waals surface area contributed by atoms with Crippen LogP contribution in [-0.2, 0) is 0 Å². The zero-order chi connectivity index (χ0) is 25.3. The number of fused-ring (bicyclic) bond motifs is 2. The van der Waals surface area contributed by atoms with Gasteiger partial charge in [-0.2, -0.15) is 0 Å². The Bertz CT molecular complexity index is 1290. The van der Waals surface area contributed by atoms with Gasteiger partial charge < -0.3 is 28.4 Å². The number of hydrogen-bond acceptors (Lipinski definition) is 7. The summed E-state index contributed by atoms with van der Waals surface area (Å²) in [5, 5.41) is 0.458. The first-order valence-corrected chi connectivity index (χ1v) is 11.8. The molecule has 1 aliphatic rings. The number of methoxy groups -OCH3 is 3. The predicted molar refractivity (Wildman–Crippen MR) is 134 cm³/mol. The first-order chi connectivity index (χ1) is 16.9. The van der Waals surface area contributed by atoms with Gasteiger partial charge in [0, 0.05) is 13.1 Å². The molecule has 3 aromatic rings.